The van der Waals surface area contributed by atoms with Gasteiger partial charge in [0.05, 0.1) is 11.1 Å². The lowest BCUT2D eigenvalue weighted by molar-refractivity contribution is 0.0697. The maximum atomic E-state index is 11.0. The van der Waals surface area contributed by atoms with Crippen LogP contribution in [0.2, 0.25) is 0 Å². The van der Waals surface area contributed by atoms with Gasteiger partial charge < -0.3 is 5.11 Å². The highest BCUT2D eigenvalue weighted by Gasteiger charge is 2.05. The summed E-state index contributed by atoms with van der Waals surface area (Å²) in [6, 6.07) is 15.0. The van der Waals surface area contributed by atoms with Gasteiger partial charge in [0.25, 0.3) is 0 Å². The predicted octanol–water partition coefficient (Wildman–Crippen LogP) is 3.91. The molecular formula is C17H13NO2. The topological polar surface area (TPSA) is 50.2 Å². The zero-order valence-corrected chi connectivity index (χ0v) is 11.0. The first-order valence-corrected chi connectivity index (χ1v) is 6.33. The lowest BCUT2D eigenvalue weighted by atomic mass is 10.0. The van der Waals surface area contributed by atoms with E-state index in [4.69, 9.17) is 5.11 Å². The zero-order chi connectivity index (χ0) is 14.1. The Bertz CT molecular complexity index is 809. The van der Waals surface area contributed by atoms with Gasteiger partial charge in [-0.05, 0) is 53.9 Å². The Labute approximate surface area is 116 Å². The van der Waals surface area contributed by atoms with Crippen molar-refractivity contribution < 1.29 is 9.90 Å². The summed E-state index contributed by atoms with van der Waals surface area (Å²) >= 11 is 0. The number of aromatic carboxylic acids is 1. The van der Waals surface area contributed by atoms with Crippen molar-refractivity contribution in [2.45, 2.75) is 6.92 Å². The van der Waals surface area contributed by atoms with Gasteiger partial charge in [0.1, 0.15) is 0 Å². The van der Waals surface area contributed by atoms with Crippen molar-refractivity contribution in [3.63, 3.8) is 0 Å². The van der Waals surface area contributed by atoms with Crippen molar-refractivity contribution >= 4 is 16.9 Å². The smallest absolute Gasteiger partial charge is 0.335 e. The van der Waals surface area contributed by atoms with E-state index in [1.807, 2.05) is 37.4 Å². The number of aryl methyl sites for hydroxylation is 1. The van der Waals surface area contributed by atoms with Crippen LogP contribution in [0.1, 0.15) is 15.9 Å². The van der Waals surface area contributed by atoms with Crippen LogP contribution in [0, 0.1) is 6.92 Å². The SMILES string of the molecule is Cc1cnc2ccc(-c3cccc(C(=O)O)c3)cc2c1. The van der Waals surface area contributed by atoms with Crippen molar-refractivity contribution in [1.82, 2.24) is 4.98 Å². The van der Waals surface area contributed by atoms with Crippen LogP contribution in [0.5, 0.6) is 0 Å². The van der Waals surface area contributed by atoms with E-state index in [-0.39, 0.29) is 0 Å². The predicted molar refractivity (Wildman–Crippen MR) is 78.9 cm³/mol. The molecule has 1 heterocycles. The molecular weight excluding hydrogens is 250 g/mol. The highest BCUT2D eigenvalue weighted by atomic mass is 16.4. The molecule has 3 aromatic rings. The van der Waals surface area contributed by atoms with E-state index in [0.29, 0.717) is 5.56 Å². The first-order valence-electron chi connectivity index (χ1n) is 6.33. The third-order valence-corrected chi connectivity index (χ3v) is 3.26. The van der Waals surface area contributed by atoms with Gasteiger partial charge in [-0.3, -0.25) is 4.98 Å². The number of carboxylic acids is 1. The highest BCUT2D eigenvalue weighted by Crippen LogP contribution is 2.24. The van der Waals surface area contributed by atoms with Crippen molar-refractivity contribution in [1.29, 1.82) is 0 Å². The molecule has 0 amide bonds. The van der Waals surface area contributed by atoms with Crippen LogP contribution in [0.3, 0.4) is 0 Å². The minimum Gasteiger partial charge on any atom is -0.478 e. The molecule has 0 aliphatic carbocycles. The summed E-state index contributed by atoms with van der Waals surface area (Å²) in [7, 11) is 0. The molecule has 0 atom stereocenters. The van der Waals surface area contributed by atoms with Gasteiger partial charge >= 0.3 is 5.97 Å². The number of nitrogens with zero attached hydrogens (tertiary/aromatic N) is 1. The number of pyridine rings is 1. The second-order valence-corrected chi connectivity index (χ2v) is 4.81. The summed E-state index contributed by atoms with van der Waals surface area (Å²) in [5.74, 6) is -0.912. The summed E-state index contributed by atoms with van der Waals surface area (Å²) < 4.78 is 0. The van der Waals surface area contributed by atoms with Gasteiger partial charge in [0, 0.05) is 11.6 Å². The van der Waals surface area contributed by atoms with Crippen molar-refractivity contribution in [2.24, 2.45) is 0 Å². The summed E-state index contributed by atoms with van der Waals surface area (Å²) in [5.41, 5.74) is 4.23. The summed E-state index contributed by atoms with van der Waals surface area (Å²) in [6.07, 6.45) is 1.84. The lowest BCUT2D eigenvalue weighted by Gasteiger charge is -2.05. The van der Waals surface area contributed by atoms with Crippen LogP contribution >= 0.6 is 0 Å². The number of fused-ring (bicyclic) bond motifs is 1. The van der Waals surface area contributed by atoms with Crippen LogP contribution in [-0.4, -0.2) is 16.1 Å². The molecule has 0 saturated carbocycles. The van der Waals surface area contributed by atoms with Gasteiger partial charge in [0.15, 0.2) is 0 Å². The monoisotopic (exact) mass is 263 g/mol. The number of rotatable bonds is 2. The summed E-state index contributed by atoms with van der Waals surface area (Å²) in [4.78, 5) is 15.4. The highest BCUT2D eigenvalue weighted by molar-refractivity contribution is 5.90. The first-order chi connectivity index (χ1) is 9.63. The van der Waals surface area contributed by atoms with E-state index < -0.39 is 5.97 Å². The Hall–Kier alpha value is -2.68. The number of carboxylic acid groups (broad SMARTS) is 1. The fourth-order valence-corrected chi connectivity index (χ4v) is 2.25. The van der Waals surface area contributed by atoms with Gasteiger partial charge in [-0.1, -0.05) is 18.2 Å². The molecule has 0 unspecified atom stereocenters. The first kappa shape index (κ1) is 12.4. The number of benzene rings is 2. The molecule has 1 N–H and O–H groups in total. The van der Waals surface area contributed by atoms with Gasteiger partial charge in [-0.15, -0.1) is 0 Å². The standard InChI is InChI=1S/C17H13NO2/c1-11-7-15-9-13(5-6-16(15)18-10-11)12-3-2-4-14(8-12)17(19)20/h2-10H,1H3,(H,19,20). The van der Waals surface area contributed by atoms with Crippen LogP contribution < -0.4 is 0 Å². The van der Waals surface area contributed by atoms with E-state index in [9.17, 15) is 4.79 Å². The Morgan fingerprint density at radius 2 is 1.85 bits per heavy atom. The lowest BCUT2D eigenvalue weighted by Crippen LogP contribution is -1.95. The molecule has 0 spiro atoms. The molecule has 3 heteroatoms. The van der Waals surface area contributed by atoms with Crippen LogP contribution in [0.25, 0.3) is 22.0 Å². The van der Waals surface area contributed by atoms with Crippen LogP contribution in [0.4, 0.5) is 0 Å². The van der Waals surface area contributed by atoms with Gasteiger partial charge in [0.2, 0.25) is 0 Å². The number of hydrogen-bond acceptors (Lipinski definition) is 2. The van der Waals surface area contributed by atoms with E-state index in [1.165, 1.54) is 0 Å². The molecule has 0 fully saturated rings. The fraction of sp³-hybridized carbons (Fsp3) is 0.0588. The molecule has 3 nitrogen and oxygen atoms in total. The Kier molecular flexibility index (Phi) is 2.95. The molecule has 0 aliphatic rings. The minimum atomic E-state index is -0.912. The van der Waals surface area contributed by atoms with Crippen molar-refractivity contribution in [2.75, 3.05) is 0 Å². The van der Waals surface area contributed by atoms with Gasteiger partial charge in [-0.2, -0.15) is 0 Å². The average Bonchev–Trinajstić information content (AvgIpc) is 2.46. The quantitative estimate of drug-likeness (QED) is 0.762. The molecule has 20 heavy (non-hydrogen) atoms. The second kappa shape index (κ2) is 4.78. The third-order valence-electron chi connectivity index (χ3n) is 3.26. The normalized spacial score (nSPS) is 10.7. The third kappa shape index (κ3) is 2.26. The van der Waals surface area contributed by atoms with E-state index in [2.05, 4.69) is 11.1 Å². The van der Waals surface area contributed by atoms with Crippen molar-refractivity contribution in [3.8, 4) is 11.1 Å². The number of aromatic nitrogens is 1. The maximum Gasteiger partial charge on any atom is 0.335 e. The number of carbonyl (C=O) groups is 1. The average molecular weight is 263 g/mol. The molecule has 98 valence electrons. The molecule has 0 saturated heterocycles. The van der Waals surface area contributed by atoms with Crippen molar-refractivity contribution in [3.05, 3.63) is 65.9 Å². The van der Waals surface area contributed by atoms with Crippen LogP contribution in [-0.2, 0) is 0 Å². The van der Waals surface area contributed by atoms with E-state index >= 15 is 0 Å². The molecule has 2 aromatic carbocycles. The van der Waals surface area contributed by atoms with Crippen LogP contribution in [0.15, 0.2) is 54.7 Å². The maximum absolute atomic E-state index is 11.0. The zero-order valence-electron chi connectivity index (χ0n) is 11.0. The minimum absolute atomic E-state index is 0.296. The molecule has 1 aromatic heterocycles. The fourth-order valence-electron chi connectivity index (χ4n) is 2.25. The summed E-state index contributed by atoms with van der Waals surface area (Å²) in [6.45, 7) is 2.00. The number of hydrogen-bond donors (Lipinski definition) is 1. The Morgan fingerprint density at radius 3 is 2.65 bits per heavy atom. The second-order valence-electron chi connectivity index (χ2n) is 4.81. The van der Waals surface area contributed by atoms with E-state index in [1.54, 1.807) is 18.2 Å². The Balaban J connectivity index is 2.14. The summed E-state index contributed by atoms with van der Waals surface area (Å²) in [5, 5.41) is 10.1. The Morgan fingerprint density at radius 1 is 1.05 bits per heavy atom. The van der Waals surface area contributed by atoms with Gasteiger partial charge in [-0.25, -0.2) is 4.79 Å². The van der Waals surface area contributed by atoms with E-state index in [0.717, 1.165) is 27.6 Å². The molecule has 3 rings (SSSR count). The molecule has 0 bridgehead atoms. The molecule has 0 aliphatic heterocycles. The molecule has 0 radical (unpaired) electrons. The largest absolute Gasteiger partial charge is 0.478 e.